The fourth-order valence-electron chi connectivity index (χ4n) is 24.1. The lowest BCUT2D eigenvalue weighted by molar-refractivity contribution is -0.195. The average molecular weight is 2060 g/mol. The van der Waals surface area contributed by atoms with E-state index in [0.29, 0.717) is 36.3 Å². The van der Waals surface area contributed by atoms with Crippen molar-refractivity contribution in [1.82, 2.24) is 0 Å². The second-order valence-electron chi connectivity index (χ2n) is 54.7. The van der Waals surface area contributed by atoms with Gasteiger partial charge >= 0.3 is 47.8 Å². The van der Waals surface area contributed by atoms with Gasteiger partial charge < -0.3 is 75.8 Å². The largest absolute Gasteiger partial charge is 0.438 e. The molecule has 0 N–H and O–H groups in total. The van der Waals surface area contributed by atoms with Crippen LogP contribution in [0.1, 0.15) is 486 Å². The molecule has 0 aliphatic heterocycles. The summed E-state index contributed by atoms with van der Waals surface area (Å²) in [6.45, 7) is 74.4. The first kappa shape index (κ1) is 131. The van der Waals surface area contributed by atoms with E-state index in [1.54, 1.807) is 0 Å². The summed E-state index contributed by atoms with van der Waals surface area (Å²) in [7, 11) is 0. The van der Waals surface area contributed by atoms with Crippen LogP contribution in [0.3, 0.4) is 0 Å². The number of ether oxygens (including phenoxy) is 16. The minimum Gasteiger partial charge on any atom is -0.438 e. The molecule has 145 heavy (non-hydrogen) atoms. The Morgan fingerprint density at radius 3 is 0.862 bits per heavy atom. The van der Waals surface area contributed by atoms with Crippen LogP contribution in [0.4, 0.5) is 0 Å². The lowest BCUT2D eigenvalue weighted by Crippen LogP contribution is -2.49. The van der Waals surface area contributed by atoms with Gasteiger partial charge in [0.05, 0.1) is 87.6 Å². The third kappa shape index (κ3) is 41.3. The predicted octanol–water partition coefficient (Wildman–Crippen LogP) is 29.5. The minimum absolute atomic E-state index is 0.0682. The number of carbonyl (C=O) groups is 8. The van der Waals surface area contributed by atoms with Gasteiger partial charge in [0.2, 0.25) is 0 Å². The molecule has 24 heteroatoms. The maximum atomic E-state index is 12.0. The van der Waals surface area contributed by atoms with E-state index >= 15 is 0 Å². The first-order valence-electron chi connectivity index (χ1n) is 57.5. The molecular formula is C121H218O24. The van der Waals surface area contributed by atoms with Crippen molar-refractivity contribution in [2.24, 2.45) is 134 Å². The molecule has 0 aromatic rings. The van der Waals surface area contributed by atoms with Crippen LogP contribution < -0.4 is 0 Å². The monoisotopic (exact) mass is 2060 g/mol. The Balaban J connectivity index is 0.000000293. The van der Waals surface area contributed by atoms with Crippen molar-refractivity contribution in [3.05, 3.63) is 0 Å². The quantitative estimate of drug-likeness (QED) is 0.0237. The molecule has 14 saturated carbocycles. The molecule has 0 amide bonds. The number of rotatable bonds is 43. The second kappa shape index (κ2) is 58.1. The SMILES string of the molecule is CCC(C)(C)C(=O)OCOC1C(C)(C)CCC1(C)C.CCC(C)(C)C(=O)OCOC1C(C)(C)CCCC1(C)C.CCC(C)(C)C(=O)OCOC1C2CC3CC(C2)CC1C3.CCC(C)(C)C(=O)OCOC1CCCCC1.CCC(C)(C)C(=O)OCOCC1(C)CC2CCC1C2.CCC(C)(C)C(=O)OCOCC1(C)CCCCC1.CCC(C)(C)C(=O)OCOCC12CC3CC(CC(C3)C1)C2.CCOCOC(=O)C(C)(C)CC. The van der Waals surface area contributed by atoms with E-state index in [2.05, 4.69) is 69.2 Å². The highest BCUT2D eigenvalue weighted by Gasteiger charge is 2.54. The summed E-state index contributed by atoms with van der Waals surface area (Å²) >= 11 is 0. The van der Waals surface area contributed by atoms with Gasteiger partial charge in [0.15, 0.2) is 54.3 Å². The molecule has 846 valence electrons. The molecule has 0 aromatic heterocycles. The van der Waals surface area contributed by atoms with Crippen LogP contribution in [-0.4, -0.2) is 153 Å². The Hall–Kier alpha value is -4.56. The molecule has 0 heterocycles. The van der Waals surface area contributed by atoms with E-state index in [-0.39, 0.29) is 141 Å². The predicted molar refractivity (Wildman–Crippen MR) is 573 cm³/mol. The maximum absolute atomic E-state index is 12.0. The zero-order chi connectivity index (χ0) is 109. The lowest BCUT2D eigenvalue weighted by atomic mass is 9.50. The standard InChI is InChI=1S/C18H30O3.C17H28O3.C17H32O3.C16H28O3.C16H30O3.C15H28O3.C13H24O3.C9H18O3/c1-4-17(2,3)16(19)21-12-20-11-18-8-13-5-14(9-18)7-15(6-13)10-18;1-4-17(2,3)16(18)20-10-19-15-13-6-11-5-12(8-13)9-14(15)7-11;1-8-15(2,3)14(18)20-12-19-13-16(4,5)10-9-11-17(13,6)7;1-5-15(2,3)14(17)19-11-18-10-16(4)9-12-6-7-13(16)8-12;1-8-14(2,3)13(17)19-11-18-12-15(4,5)9-10-16(12,6)7;1-5-14(2,3)13(16)18-12-17-11-15(4)9-7-6-8-10-15;1-4-13(2,3)12(14)16-10-15-11-8-6-5-7-9-11;1-5-9(3,4)8(10)12-7-11-6-2/h13-15H,4-12H2,1-3H3;11-15H,4-10H2,1-3H3;13H,8-12H2,1-7H3;12-13H,5-11H2,1-4H3;12H,8-11H2,1-7H3;5-12H2,1-4H3;11H,4-10H2,1-3H3;5-7H2,1-4H3. The van der Waals surface area contributed by atoms with Gasteiger partial charge in [-0.15, -0.1) is 0 Å². The summed E-state index contributed by atoms with van der Waals surface area (Å²) in [6, 6.07) is 0. The highest BCUT2D eigenvalue weighted by Crippen LogP contribution is 2.61. The Bertz CT molecular complexity index is 3750. The zero-order valence-electron chi connectivity index (χ0n) is 99.2. The molecule has 14 fully saturated rings. The maximum Gasteiger partial charge on any atom is 0.313 e. The molecule has 0 spiro atoms. The molecule has 3 unspecified atom stereocenters. The molecule has 10 bridgehead atoms. The summed E-state index contributed by atoms with van der Waals surface area (Å²) in [5.41, 5.74) is -1.68. The van der Waals surface area contributed by atoms with Crippen LogP contribution in [0.5, 0.6) is 0 Å². The van der Waals surface area contributed by atoms with E-state index in [0.717, 1.165) is 156 Å². The van der Waals surface area contributed by atoms with E-state index in [9.17, 15) is 38.4 Å². The summed E-state index contributed by atoms with van der Waals surface area (Å²) in [4.78, 5) is 94.1. The smallest absolute Gasteiger partial charge is 0.313 e. The Morgan fingerprint density at radius 2 is 0.545 bits per heavy atom. The number of hydrogen-bond acceptors (Lipinski definition) is 24. The molecule has 14 aliphatic rings. The van der Waals surface area contributed by atoms with Crippen LogP contribution >= 0.6 is 0 Å². The van der Waals surface area contributed by atoms with Crippen LogP contribution in [-0.2, 0) is 114 Å². The van der Waals surface area contributed by atoms with Gasteiger partial charge in [-0.2, -0.15) is 0 Å². The van der Waals surface area contributed by atoms with Crippen molar-refractivity contribution in [2.75, 3.05) is 80.8 Å². The molecule has 3 atom stereocenters. The summed E-state index contributed by atoms with van der Waals surface area (Å²) in [5.74, 6) is 6.63. The average Bonchev–Trinajstić information content (AvgIpc) is 1.34. The lowest BCUT2D eigenvalue weighted by Gasteiger charge is -2.56. The Morgan fingerprint density at radius 1 is 0.255 bits per heavy atom. The van der Waals surface area contributed by atoms with Gasteiger partial charge in [0, 0.05) is 6.61 Å². The summed E-state index contributed by atoms with van der Waals surface area (Å²) < 4.78 is 87.0. The van der Waals surface area contributed by atoms with Gasteiger partial charge in [-0.3, -0.25) is 38.4 Å². The Kier molecular flexibility index (Phi) is 52.5. The molecule has 0 saturated heterocycles. The van der Waals surface area contributed by atoms with Gasteiger partial charge in [-0.25, -0.2) is 0 Å². The number of carbonyl (C=O) groups excluding carboxylic acids is 8. The van der Waals surface area contributed by atoms with E-state index in [4.69, 9.17) is 75.8 Å². The third-order valence-electron chi connectivity index (χ3n) is 37.0. The topological polar surface area (TPSA) is 284 Å². The van der Waals surface area contributed by atoms with Crippen molar-refractivity contribution in [1.29, 1.82) is 0 Å². The van der Waals surface area contributed by atoms with Crippen LogP contribution in [0.15, 0.2) is 0 Å². The first-order valence-corrected chi connectivity index (χ1v) is 57.5. The van der Waals surface area contributed by atoms with E-state index in [1.807, 2.05) is 173 Å². The van der Waals surface area contributed by atoms with Crippen molar-refractivity contribution in [3.8, 4) is 0 Å². The number of esters is 8. The zero-order valence-corrected chi connectivity index (χ0v) is 99.2. The van der Waals surface area contributed by atoms with Crippen LogP contribution in [0.25, 0.3) is 0 Å². The molecular weight excluding hydrogens is 1840 g/mol. The second-order valence-corrected chi connectivity index (χ2v) is 54.7. The Labute approximate surface area is 883 Å². The van der Waals surface area contributed by atoms with Crippen molar-refractivity contribution >= 4 is 47.8 Å². The van der Waals surface area contributed by atoms with Gasteiger partial charge in [0.1, 0.15) is 0 Å². The molecule has 14 aliphatic carbocycles. The summed E-state index contributed by atoms with van der Waals surface area (Å²) in [5, 5.41) is 0. The van der Waals surface area contributed by atoms with Gasteiger partial charge in [-0.1, -0.05) is 176 Å². The number of hydrogen-bond donors (Lipinski definition) is 0. The van der Waals surface area contributed by atoms with Gasteiger partial charge in [-0.05, 0) is 401 Å². The van der Waals surface area contributed by atoms with Crippen molar-refractivity contribution in [2.45, 2.75) is 511 Å². The first-order chi connectivity index (χ1) is 67.3. The molecule has 14 rings (SSSR count). The highest BCUT2D eigenvalue weighted by atomic mass is 16.7. The molecule has 0 radical (unpaired) electrons. The molecule has 0 aromatic carbocycles. The van der Waals surface area contributed by atoms with Crippen LogP contribution in [0.2, 0.25) is 0 Å². The van der Waals surface area contributed by atoms with Gasteiger partial charge in [0.25, 0.3) is 0 Å². The van der Waals surface area contributed by atoms with Crippen molar-refractivity contribution in [3.63, 3.8) is 0 Å². The molecule has 24 nitrogen and oxygen atoms in total. The fraction of sp³-hybridized carbons (Fsp3) is 0.934. The van der Waals surface area contributed by atoms with E-state index in [1.165, 1.54) is 154 Å². The number of fused-ring (bicyclic) bond motifs is 2. The van der Waals surface area contributed by atoms with Crippen LogP contribution in [0, 0.1) is 134 Å². The minimum atomic E-state index is -0.430. The van der Waals surface area contributed by atoms with Crippen molar-refractivity contribution < 1.29 is 114 Å². The third-order valence-corrected chi connectivity index (χ3v) is 37.0. The highest BCUT2D eigenvalue weighted by molar-refractivity contribution is 5.78. The fourth-order valence-corrected chi connectivity index (χ4v) is 24.1. The van der Waals surface area contributed by atoms with E-state index < -0.39 is 43.3 Å². The normalized spacial score (nSPS) is 26.7. The summed E-state index contributed by atoms with van der Waals surface area (Å²) in [6.07, 6.45) is 46.0.